The molecule has 0 fully saturated rings. The second kappa shape index (κ2) is 4.28. The van der Waals surface area contributed by atoms with E-state index in [0.29, 0.717) is 0 Å². The van der Waals surface area contributed by atoms with Crippen LogP contribution in [0.25, 0.3) is 0 Å². The lowest BCUT2D eigenvalue weighted by molar-refractivity contribution is -0.687. The molecule has 0 saturated carbocycles. The van der Waals surface area contributed by atoms with E-state index in [-0.39, 0.29) is 17.0 Å². The predicted octanol–water partition coefficient (Wildman–Crippen LogP) is -2.82. The van der Waals surface area contributed by atoms with Crippen molar-refractivity contribution in [3.63, 3.8) is 0 Å². The zero-order valence-electron chi connectivity index (χ0n) is 6.16. The highest BCUT2D eigenvalue weighted by molar-refractivity contribution is 4.84. The fourth-order valence-corrected chi connectivity index (χ4v) is 0.656. The van der Waals surface area contributed by atoms with Gasteiger partial charge in [-0.25, -0.2) is 0 Å². The summed E-state index contributed by atoms with van der Waals surface area (Å²) in [5.41, 5.74) is 0. The Labute approximate surface area is 71.8 Å². The summed E-state index contributed by atoms with van der Waals surface area (Å²) in [6.07, 6.45) is 4.00. The molecule has 1 heterocycles. The largest absolute Gasteiger partial charge is 1.00 e. The van der Waals surface area contributed by atoms with Gasteiger partial charge in [-0.2, -0.15) is 5.01 Å². The minimum Gasteiger partial charge on any atom is -1.00 e. The van der Waals surface area contributed by atoms with E-state index in [1.54, 1.807) is 0 Å². The molecule has 56 valence electrons. The second-order valence-electron chi connectivity index (χ2n) is 2.10. The number of pyridine rings is 1. The molecule has 0 aliphatic carbocycles. The van der Waals surface area contributed by atoms with Crippen LogP contribution in [-0.4, -0.2) is 14.1 Å². The van der Waals surface area contributed by atoms with E-state index in [9.17, 15) is 0 Å². The first-order chi connectivity index (χ1) is 4.30. The van der Waals surface area contributed by atoms with Gasteiger partial charge >= 0.3 is 0 Å². The highest BCUT2D eigenvalue weighted by Crippen LogP contribution is 1.74. The van der Waals surface area contributed by atoms with Crippen LogP contribution >= 0.6 is 0 Å². The molecule has 0 bridgehead atoms. The number of hydrogen-bond acceptors (Lipinski definition) is 1. The van der Waals surface area contributed by atoms with Crippen LogP contribution in [0.15, 0.2) is 30.6 Å². The van der Waals surface area contributed by atoms with Gasteiger partial charge in [0.1, 0.15) is 0 Å². The molecule has 2 nitrogen and oxygen atoms in total. The number of nitrogens with zero attached hydrogens (tertiary/aromatic N) is 2. The molecule has 0 amide bonds. The summed E-state index contributed by atoms with van der Waals surface area (Å²) in [5, 5.41) is 2.00. The molecule has 1 aromatic rings. The van der Waals surface area contributed by atoms with Gasteiger partial charge in [-0.05, 0) is 0 Å². The van der Waals surface area contributed by atoms with E-state index in [0.717, 1.165) is 0 Å². The smallest absolute Gasteiger partial charge is 0.199 e. The van der Waals surface area contributed by atoms with E-state index in [2.05, 4.69) is 0 Å². The van der Waals surface area contributed by atoms with Gasteiger partial charge in [-0.1, -0.05) is 10.7 Å². The predicted molar refractivity (Wildman–Crippen MR) is 36.7 cm³/mol. The molecule has 1 rings (SSSR count). The maximum atomic E-state index is 2.00. The van der Waals surface area contributed by atoms with Gasteiger partial charge in [0.25, 0.3) is 0 Å². The Bertz CT molecular complexity index is 174. The Balaban J connectivity index is 0.000000810. The fraction of sp³-hybridized carbons (Fsp3) is 0.286. The van der Waals surface area contributed by atoms with Gasteiger partial charge in [-0.3, -0.25) is 0 Å². The lowest BCUT2D eigenvalue weighted by Gasteiger charge is -2.02. The third-order valence-corrected chi connectivity index (χ3v) is 1.16. The second-order valence-corrected chi connectivity index (χ2v) is 2.10. The van der Waals surface area contributed by atoms with E-state index in [4.69, 9.17) is 0 Å². The van der Waals surface area contributed by atoms with Gasteiger partial charge in [-0.15, -0.1) is 0 Å². The first-order valence-electron chi connectivity index (χ1n) is 2.94. The average molecular weight is 203 g/mol. The van der Waals surface area contributed by atoms with Crippen LogP contribution in [0.4, 0.5) is 0 Å². The molecule has 1 aromatic heterocycles. The molecule has 0 unspecified atom stereocenters. The van der Waals surface area contributed by atoms with Crippen molar-refractivity contribution in [2.24, 2.45) is 0 Å². The molecule has 0 aliphatic heterocycles. The van der Waals surface area contributed by atoms with Crippen molar-refractivity contribution >= 4 is 0 Å². The van der Waals surface area contributed by atoms with E-state index in [1.807, 2.05) is 54.4 Å². The molecule has 0 N–H and O–H groups in total. The number of aromatic nitrogens is 1. The van der Waals surface area contributed by atoms with Crippen LogP contribution in [0.1, 0.15) is 0 Å². The lowest BCUT2D eigenvalue weighted by Crippen LogP contribution is -3.00. The van der Waals surface area contributed by atoms with Gasteiger partial charge in [0.2, 0.25) is 0 Å². The molecule has 0 atom stereocenters. The molecule has 10 heavy (non-hydrogen) atoms. The molecular weight excluding hydrogens is 192 g/mol. The summed E-state index contributed by atoms with van der Waals surface area (Å²) in [4.78, 5) is 0. The van der Waals surface area contributed by atoms with E-state index < -0.39 is 0 Å². The van der Waals surface area contributed by atoms with Crippen molar-refractivity contribution in [1.82, 2.24) is 0 Å². The number of rotatable bonds is 1. The molecule has 0 radical (unpaired) electrons. The summed E-state index contributed by atoms with van der Waals surface area (Å²) in [6.45, 7) is 0. The van der Waals surface area contributed by atoms with Gasteiger partial charge in [0.05, 0.1) is 14.1 Å². The van der Waals surface area contributed by atoms with Gasteiger partial charge < -0.3 is 17.0 Å². The number of halogens is 1. The van der Waals surface area contributed by atoms with Crippen molar-refractivity contribution in [3.8, 4) is 0 Å². The first kappa shape index (κ1) is 9.43. The minimum absolute atomic E-state index is 0. The van der Waals surface area contributed by atoms with E-state index >= 15 is 0 Å². The quantitative estimate of drug-likeness (QED) is 0.446. The van der Waals surface area contributed by atoms with Crippen LogP contribution in [0.2, 0.25) is 0 Å². The Hall–Kier alpha value is -0.570. The van der Waals surface area contributed by atoms with Crippen LogP contribution in [0.5, 0.6) is 0 Å². The minimum atomic E-state index is 0. The molecule has 0 aromatic carbocycles. The average Bonchev–Trinajstić information content (AvgIpc) is 1.90. The topological polar surface area (TPSA) is 7.12 Å². The Kier molecular flexibility index (Phi) is 4.03. The van der Waals surface area contributed by atoms with Gasteiger partial charge in [0, 0.05) is 12.1 Å². The van der Waals surface area contributed by atoms with Crippen LogP contribution in [0, 0.1) is 0 Å². The Morgan fingerprint density at radius 1 is 1.00 bits per heavy atom. The van der Waals surface area contributed by atoms with Crippen molar-refractivity contribution in [2.45, 2.75) is 0 Å². The fourth-order valence-electron chi connectivity index (χ4n) is 0.656. The van der Waals surface area contributed by atoms with Crippen LogP contribution in [-0.2, 0) is 0 Å². The maximum absolute atomic E-state index is 2.00. The Morgan fingerprint density at radius 3 is 1.80 bits per heavy atom. The van der Waals surface area contributed by atoms with Crippen molar-refractivity contribution in [2.75, 3.05) is 19.1 Å². The zero-order chi connectivity index (χ0) is 6.69. The molecular formula is C7H11BrN2. The Morgan fingerprint density at radius 2 is 1.50 bits per heavy atom. The lowest BCUT2D eigenvalue weighted by atomic mass is 10.5. The maximum Gasteiger partial charge on any atom is 0.199 e. The summed E-state index contributed by atoms with van der Waals surface area (Å²) in [7, 11) is 4.00. The van der Waals surface area contributed by atoms with Crippen molar-refractivity contribution < 1.29 is 21.7 Å². The summed E-state index contributed by atoms with van der Waals surface area (Å²) >= 11 is 0. The highest BCUT2D eigenvalue weighted by atomic mass is 79.9. The van der Waals surface area contributed by atoms with Crippen molar-refractivity contribution in [3.05, 3.63) is 30.6 Å². The standard InChI is InChI=1S/C7H11N2.BrH/c1-8(2)9-6-4-3-5-7-9;/h3-7H,1-2H3;1H/q+1;/p-1. The normalized spacial score (nSPS) is 8.20. The third kappa shape index (κ3) is 2.35. The van der Waals surface area contributed by atoms with E-state index in [1.165, 1.54) is 0 Å². The molecule has 0 aliphatic rings. The summed E-state index contributed by atoms with van der Waals surface area (Å²) in [5.74, 6) is 0. The summed E-state index contributed by atoms with van der Waals surface area (Å²) in [6, 6.07) is 6.00. The molecule has 0 spiro atoms. The monoisotopic (exact) mass is 202 g/mol. The SMILES string of the molecule is CN(C)[n+]1ccccc1.[Br-]. The number of hydrogen-bond donors (Lipinski definition) is 0. The zero-order valence-corrected chi connectivity index (χ0v) is 7.75. The highest BCUT2D eigenvalue weighted by Gasteiger charge is 1.95. The van der Waals surface area contributed by atoms with Crippen LogP contribution < -0.4 is 26.7 Å². The molecule has 0 saturated heterocycles. The van der Waals surface area contributed by atoms with Gasteiger partial charge in [0.15, 0.2) is 12.4 Å². The molecule has 3 heteroatoms. The first-order valence-corrected chi connectivity index (χ1v) is 2.94. The van der Waals surface area contributed by atoms with Crippen LogP contribution in [0.3, 0.4) is 0 Å². The summed E-state index contributed by atoms with van der Waals surface area (Å²) < 4.78 is 2.00. The third-order valence-electron chi connectivity index (χ3n) is 1.16. The van der Waals surface area contributed by atoms with Crippen molar-refractivity contribution in [1.29, 1.82) is 0 Å².